The Kier molecular flexibility index (Phi) is 15.3. The SMILES string of the molecule is O=C(OCCOCc1ccccc1)N(C1CC1)C1c2ccccc2NC2CCCC21.O=C(OCc1ccccc1)N1c2ccccc2C(N(C(=O)OCCOCc2ccccc2)C2CC2)C2CCCC21. The lowest BCUT2D eigenvalue weighted by Gasteiger charge is -2.46. The third-order valence-corrected chi connectivity index (χ3v) is 14.8. The molecule has 4 fully saturated rings. The van der Waals surface area contributed by atoms with Crippen molar-refractivity contribution >= 4 is 29.7 Å². The Morgan fingerprint density at radius 2 is 0.971 bits per heavy atom. The van der Waals surface area contributed by atoms with Gasteiger partial charge in [0.05, 0.1) is 44.2 Å². The lowest BCUT2D eigenvalue weighted by molar-refractivity contribution is 0.0312. The highest BCUT2D eigenvalue weighted by Crippen LogP contribution is 2.53. The van der Waals surface area contributed by atoms with Crippen LogP contribution in [0.1, 0.15) is 104 Å². The van der Waals surface area contributed by atoms with Crippen LogP contribution in [0.2, 0.25) is 0 Å². The molecule has 366 valence electrons. The molecule has 0 saturated heterocycles. The molecule has 4 aliphatic carbocycles. The molecule has 0 aromatic heterocycles. The Morgan fingerprint density at radius 3 is 1.56 bits per heavy atom. The molecule has 6 aliphatic rings. The first kappa shape index (κ1) is 47.3. The zero-order chi connectivity index (χ0) is 47.7. The van der Waals surface area contributed by atoms with E-state index in [0.717, 1.165) is 79.3 Å². The van der Waals surface area contributed by atoms with Crippen molar-refractivity contribution in [3.63, 3.8) is 0 Å². The average molecular weight is 947 g/mol. The van der Waals surface area contributed by atoms with Crippen LogP contribution in [0.5, 0.6) is 0 Å². The molecule has 2 heterocycles. The maximum Gasteiger partial charge on any atom is 0.414 e. The van der Waals surface area contributed by atoms with Crippen molar-refractivity contribution in [2.75, 3.05) is 36.6 Å². The molecule has 5 aromatic carbocycles. The van der Waals surface area contributed by atoms with Crippen molar-refractivity contribution in [1.82, 2.24) is 9.80 Å². The normalized spacial score (nSPS) is 22.7. The van der Waals surface area contributed by atoms with Crippen molar-refractivity contribution in [2.24, 2.45) is 11.8 Å². The lowest BCUT2D eigenvalue weighted by Crippen LogP contribution is -2.53. The predicted molar refractivity (Wildman–Crippen MR) is 268 cm³/mol. The minimum atomic E-state index is -0.331. The minimum absolute atomic E-state index is 0.0218. The van der Waals surface area contributed by atoms with Crippen LogP contribution in [0, 0.1) is 11.8 Å². The Hall–Kier alpha value is -6.37. The zero-order valence-corrected chi connectivity index (χ0v) is 40.0. The topological polar surface area (TPSA) is 119 Å². The molecule has 0 bridgehead atoms. The standard InChI is InChI=1S/C33H36N2O5.C25H30N2O3/c36-32(39-21-20-38-22-24-10-3-1-4-11-24)34(26-18-19-26)31-27-14-7-8-16-29(27)35(30-17-9-15-28(30)31)33(37)40-23-25-12-5-2-6-13-25;28-25(30-16-15-29-17-18-7-2-1-3-8-18)27(19-13-14-19)24-20-9-4-5-11-22(20)26-23-12-6-10-21(23)24/h1-8,10-14,16,26,28,30-31H,9,15,17-23H2;1-5,7-9,11,19,21,23-24,26H,6,10,12-17H2. The number of carbonyl (C=O) groups is 3. The van der Waals surface area contributed by atoms with Gasteiger partial charge in [0.1, 0.15) is 19.8 Å². The second-order valence-corrected chi connectivity index (χ2v) is 19.5. The van der Waals surface area contributed by atoms with Crippen LogP contribution >= 0.6 is 0 Å². The van der Waals surface area contributed by atoms with Gasteiger partial charge in [0.2, 0.25) is 0 Å². The van der Waals surface area contributed by atoms with E-state index in [9.17, 15) is 14.4 Å². The Morgan fingerprint density at radius 1 is 0.486 bits per heavy atom. The average Bonchev–Trinajstić information content (AvgIpc) is 4.33. The van der Waals surface area contributed by atoms with Crippen molar-refractivity contribution < 1.29 is 38.1 Å². The molecule has 12 nitrogen and oxygen atoms in total. The van der Waals surface area contributed by atoms with Crippen LogP contribution < -0.4 is 10.2 Å². The van der Waals surface area contributed by atoms with E-state index >= 15 is 0 Å². The summed E-state index contributed by atoms with van der Waals surface area (Å²) in [5, 5.41) is 3.72. The number of benzene rings is 5. The summed E-state index contributed by atoms with van der Waals surface area (Å²) in [5.74, 6) is 0.587. The van der Waals surface area contributed by atoms with Gasteiger partial charge in [0.15, 0.2) is 0 Å². The van der Waals surface area contributed by atoms with Gasteiger partial charge < -0.3 is 29.0 Å². The number of hydrogen-bond acceptors (Lipinski definition) is 9. The first-order valence-corrected chi connectivity index (χ1v) is 25.6. The van der Waals surface area contributed by atoms with Gasteiger partial charge >= 0.3 is 18.3 Å². The summed E-state index contributed by atoms with van der Waals surface area (Å²) >= 11 is 0. The fraction of sp³-hybridized carbons (Fsp3) is 0.431. The van der Waals surface area contributed by atoms with E-state index in [4.69, 9.17) is 23.7 Å². The second kappa shape index (κ2) is 22.6. The van der Waals surface area contributed by atoms with Gasteiger partial charge in [0.25, 0.3) is 0 Å². The molecule has 0 spiro atoms. The summed E-state index contributed by atoms with van der Waals surface area (Å²) in [6.45, 7) is 2.50. The number of fused-ring (bicyclic) bond motifs is 4. The number of carbonyl (C=O) groups excluding carboxylic acids is 3. The quantitative estimate of drug-likeness (QED) is 0.0762. The van der Waals surface area contributed by atoms with Crippen molar-refractivity contribution in [3.05, 3.63) is 167 Å². The Bertz CT molecular complexity index is 2500. The maximum atomic E-state index is 13.6. The number of nitrogens with zero attached hydrogens (tertiary/aromatic N) is 3. The summed E-state index contributed by atoms with van der Waals surface area (Å²) in [6.07, 6.45) is 9.66. The van der Waals surface area contributed by atoms with Crippen LogP contribution in [-0.4, -0.2) is 78.7 Å². The number of ether oxygens (including phenoxy) is 5. The van der Waals surface area contributed by atoms with Crippen LogP contribution in [0.25, 0.3) is 0 Å². The molecule has 0 radical (unpaired) electrons. The molecule has 4 saturated carbocycles. The highest BCUT2D eigenvalue weighted by molar-refractivity contribution is 5.91. The molecule has 11 rings (SSSR count). The molecule has 6 unspecified atom stereocenters. The van der Waals surface area contributed by atoms with Crippen molar-refractivity contribution in [1.29, 1.82) is 0 Å². The van der Waals surface area contributed by atoms with E-state index in [1.54, 1.807) is 0 Å². The first-order chi connectivity index (χ1) is 34.5. The van der Waals surface area contributed by atoms with Gasteiger partial charge in [-0.3, -0.25) is 14.7 Å². The summed E-state index contributed by atoms with van der Waals surface area (Å²) in [5.41, 5.74) is 7.41. The molecule has 5 aromatic rings. The molecule has 70 heavy (non-hydrogen) atoms. The van der Waals surface area contributed by atoms with E-state index in [1.165, 1.54) is 24.1 Å². The van der Waals surface area contributed by atoms with Gasteiger partial charge in [0, 0.05) is 41.7 Å². The van der Waals surface area contributed by atoms with Gasteiger partial charge in [-0.1, -0.05) is 140 Å². The number of amides is 3. The number of nitrogens with one attached hydrogen (secondary N) is 1. The molecular weight excluding hydrogens is 881 g/mol. The molecule has 1 N–H and O–H groups in total. The number of anilines is 2. The summed E-state index contributed by atoms with van der Waals surface area (Å²) in [4.78, 5) is 46.1. The monoisotopic (exact) mass is 946 g/mol. The summed E-state index contributed by atoms with van der Waals surface area (Å²) < 4.78 is 28.7. The fourth-order valence-corrected chi connectivity index (χ4v) is 11.4. The van der Waals surface area contributed by atoms with Crippen molar-refractivity contribution in [2.45, 2.75) is 120 Å². The van der Waals surface area contributed by atoms with Crippen LogP contribution in [0.4, 0.5) is 25.8 Å². The molecule has 12 heteroatoms. The first-order valence-electron chi connectivity index (χ1n) is 25.6. The number of hydrogen-bond donors (Lipinski definition) is 1. The second-order valence-electron chi connectivity index (χ2n) is 19.5. The van der Waals surface area contributed by atoms with Crippen LogP contribution in [0.3, 0.4) is 0 Å². The zero-order valence-electron chi connectivity index (χ0n) is 40.0. The van der Waals surface area contributed by atoms with E-state index in [2.05, 4.69) is 40.5 Å². The smallest absolute Gasteiger partial charge is 0.414 e. The number of rotatable bonds is 16. The molecule has 3 amide bonds. The molecular formula is C58H66N4O8. The Labute approximate surface area is 412 Å². The van der Waals surface area contributed by atoms with E-state index in [-0.39, 0.29) is 68.2 Å². The van der Waals surface area contributed by atoms with Gasteiger partial charge in [-0.15, -0.1) is 0 Å². The third kappa shape index (κ3) is 11.1. The van der Waals surface area contributed by atoms with Crippen LogP contribution in [0.15, 0.2) is 140 Å². The number of para-hydroxylation sites is 2. The lowest BCUT2D eigenvalue weighted by atomic mass is 9.82. The van der Waals surface area contributed by atoms with Gasteiger partial charge in [-0.05, 0) is 91.3 Å². The molecule has 2 aliphatic heterocycles. The highest BCUT2D eigenvalue weighted by Gasteiger charge is 2.53. The van der Waals surface area contributed by atoms with Crippen LogP contribution in [-0.2, 0) is 43.5 Å². The third-order valence-electron chi connectivity index (χ3n) is 14.8. The van der Waals surface area contributed by atoms with E-state index < -0.39 is 0 Å². The van der Waals surface area contributed by atoms with E-state index in [1.807, 2.05) is 119 Å². The largest absolute Gasteiger partial charge is 0.447 e. The van der Waals surface area contributed by atoms with Gasteiger partial charge in [-0.25, -0.2) is 14.4 Å². The summed E-state index contributed by atoms with van der Waals surface area (Å²) in [6, 6.07) is 47.1. The highest BCUT2D eigenvalue weighted by atomic mass is 16.6. The Balaban J connectivity index is 0.000000169. The predicted octanol–water partition coefficient (Wildman–Crippen LogP) is 12.0. The van der Waals surface area contributed by atoms with Crippen molar-refractivity contribution in [3.8, 4) is 0 Å². The van der Waals surface area contributed by atoms with Gasteiger partial charge in [-0.2, -0.15) is 0 Å². The summed E-state index contributed by atoms with van der Waals surface area (Å²) in [7, 11) is 0. The minimum Gasteiger partial charge on any atom is -0.447 e. The fourth-order valence-electron chi connectivity index (χ4n) is 11.4. The maximum absolute atomic E-state index is 13.6. The molecule has 6 atom stereocenters. The van der Waals surface area contributed by atoms with E-state index in [0.29, 0.717) is 44.4 Å².